The van der Waals surface area contributed by atoms with Gasteiger partial charge in [0.15, 0.2) is 5.78 Å². The molecule has 0 unspecified atom stereocenters. The smallest absolute Gasteiger partial charge is 0.165 e. The molecule has 3 aliphatic carbocycles. The molecule has 36 heavy (non-hydrogen) atoms. The first-order valence-electron chi connectivity index (χ1n) is 13.7. The molecule has 2 fully saturated rings. The van der Waals surface area contributed by atoms with Crippen molar-refractivity contribution in [3.05, 3.63) is 83.4 Å². The van der Waals surface area contributed by atoms with Gasteiger partial charge < -0.3 is 5.11 Å². The molecular formula is C32H36N2O2. The maximum atomic E-state index is 13.0. The molecule has 0 bridgehead atoms. The minimum absolute atomic E-state index is 0.0998. The van der Waals surface area contributed by atoms with Gasteiger partial charge in [-0.15, -0.1) is 0 Å². The number of carbonyl (C=O) groups excluding carboxylic acids is 1. The maximum Gasteiger partial charge on any atom is 0.165 e. The van der Waals surface area contributed by atoms with Crippen LogP contribution in [0.2, 0.25) is 0 Å². The molecule has 3 aromatic rings. The summed E-state index contributed by atoms with van der Waals surface area (Å²) in [5.74, 6) is 0.777. The second kappa shape index (κ2) is 9.06. The van der Waals surface area contributed by atoms with Crippen LogP contribution >= 0.6 is 0 Å². The number of benzene rings is 2. The standard InChI is InChI=1S/C32H36N2O2/c1-21-28-18-17-27-29(24-11-7-4-8-12-24)33-34(31(27)32(28,2)19-25(20-35)30(21)36)26-15-13-23(14-16-26)22-9-5-3-6-10-22/h3,5-6,9-10,13-16,20-21,24,28,35H,4,7-8,11-12,17-19H2,1-2H3/b25-20-/t21-,28-,32-/m1/s1. The number of hydrogen-bond acceptors (Lipinski definition) is 3. The maximum absolute atomic E-state index is 13.0. The molecular weight excluding hydrogens is 444 g/mol. The van der Waals surface area contributed by atoms with Crippen LogP contribution in [0.3, 0.4) is 0 Å². The molecule has 0 saturated heterocycles. The van der Waals surface area contributed by atoms with Crippen LogP contribution in [0.4, 0.5) is 0 Å². The summed E-state index contributed by atoms with van der Waals surface area (Å²) in [5, 5.41) is 15.3. The third-order valence-electron chi connectivity index (χ3n) is 9.34. The first-order valence-corrected chi connectivity index (χ1v) is 13.7. The molecule has 3 aliphatic rings. The summed E-state index contributed by atoms with van der Waals surface area (Å²) in [7, 11) is 0. The van der Waals surface area contributed by atoms with Gasteiger partial charge in [-0.1, -0.05) is 75.6 Å². The number of aliphatic hydroxyl groups excluding tert-OH is 1. The van der Waals surface area contributed by atoms with Gasteiger partial charge in [-0.25, -0.2) is 4.68 Å². The van der Waals surface area contributed by atoms with Crippen molar-refractivity contribution in [2.24, 2.45) is 11.8 Å². The average Bonchev–Trinajstić information content (AvgIpc) is 3.33. The minimum Gasteiger partial charge on any atom is -0.515 e. The fourth-order valence-corrected chi connectivity index (χ4v) is 7.49. The summed E-state index contributed by atoms with van der Waals surface area (Å²) < 4.78 is 2.21. The van der Waals surface area contributed by atoms with E-state index in [0.717, 1.165) is 24.8 Å². The van der Waals surface area contributed by atoms with E-state index in [1.807, 2.05) is 6.07 Å². The van der Waals surface area contributed by atoms with Crippen molar-refractivity contribution in [2.75, 3.05) is 0 Å². The van der Waals surface area contributed by atoms with Gasteiger partial charge in [0.2, 0.25) is 0 Å². The summed E-state index contributed by atoms with van der Waals surface area (Å²) in [6.07, 6.45) is 9.94. The molecule has 0 spiro atoms. The Kier molecular flexibility index (Phi) is 5.86. The highest BCUT2D eigenvalue weighted by atomic mass is 16.2. The molecule has 2 aromatic carbocycles. The topological polar surface area (TPSA) is 55.1 Å². The van der Waals surface area contributed by atoms with Gasteiger partial charge in [-0.3, -0.25) is 4.79 Å². The minimum atomic E-state index is -0.243. The molecule has 2 saturated carbocycles. The Labute approximate surface area is 214 Å². The van der Waals surface area contributed by atoms with E-state index in [1.54, 1.807) is 0 Å². The SMILES string of the molecule is C[C@H]1C(=O)/C(=C\O)C[C@@]2(C)c3c(c(C4CCCCC4)nn3-c3ccc(-c4ccccc4)cc3)CC[C@H]12. The van der Waals surface area contributed by atoms with E-state index in [0.29, 0.717) is 17.9 Å². The second-order valence-corrected chi connectivity index (χ2v) is 11.4. The number of ketones is 1. The molecule has 0 amide bonds. The van der Waals surface area contributed by atoms with Crippen LogP contribution in [-0.2, 0) is 16.6 Å². The van der Waals surface area contributed by atoms with Crippen LogP contribution in [0.1, 0.15) is 81.7 Å². The first-order chi connectivity index (χ1) is 17.5. The van der Waals surface area contributed by atoms with Crippen molar-refractivity contribution in [3.8, 4) is 16.8 Å². The Morgan fingerprint density at radius 1 is 0.972 bits per heavy atom. The first kappa shape index (κ1) is 23.3. The fraction of sp³-hybridized carbons (Fsp3) is 0.438. The van der Waals surface area contributed by atoms with Crippen molar-refractivity contribution in [2.45, 2.75) is 76.5 Å². The van der Waals surface area contributed by atoms with Crippen molar-refractivity contribution in [3.63, 3.8) is 0 Å². The van der Waals surface area contributed by atoms with E-state index in [9.17, 15) is 9.90 Å². The van der Waals surface area contributed by atoms with E-state index < -0.39 is 0 Å². The van der Waals surface area contributed by atoms with Gasteiger partial charge >= 0.3 is 0 Å². The van der Waals surface area contributed by atoms with Crippen LogP contribution in [0.25, 0.3) is 16.8 Å². The Morgan fingerprint density at radius 3 is 2.36 bits per heavy atom. The van der Waals surface area contributed by atoms with Crippen molar-refractivity contribution in [1.29, 1.82) is 0 Å². The lowest BCUT2D eigenvalue weighted by atomic mass is 9.55. The normalized spacial score (nSPS) is 27.6. The highest BCUT2D eigenvalue weighted by Crippen LogP contribution is 2.54. The predicted molar refractivity (Wildman–Crippen MR) is 143 cm³/mol. The van der Waals surface area contributed by atoms with Gasteiger partial charge in [0.1, 0.15) is 0 Å². The lowest BCUT2D eigenvalue weighted by Crippen LogP contribution is -2.48. The van der Waals surface area contributed by atoms with E-state index in [-0.39, 0.29) is 23.0 Å². The molecule has 186 valence electrons. The van der Waals surface area contributed by atoms with E-state index in [4.69, 9.17) is 5.10 Å². The van der Waals surface area contributed by atoms with Gasteiger partial charge in [-0.05, 0) is 66.8 Å². The number of rotatable bonds is 3. The molecule has 1 heterocycles. The molecule has 4 heteroatoms. The predicted octanol–water partition coefficient (Wildman–Crippen LogP) is 7.46. The zero-order valence-corrected chi connectivity index (χ0v) is 21.4. The summed E-state index contributed by atoms with van der Waals surface area (Å²) in [4.78, 5) is 13.0. The Hall–Kier alpha value is -3.14. The van der Waals surface area contributed by atoms with E-state index >= 15 is 0 Å². The Bertz CT molecular complexity index is 1300. The fourth-order valence-electron chi connectivity index (χ4n) is 7.49. The van der Waals surface area contributed by atoms with Gasteiger partial charge in [0.25, 0.3) is 0 Å². The van der Waals surface area contributed by atoms with Crippen molar-refractivity contribution >= 4 is 5.78 Å². The summed E-state index contributed by atoms with van der Waals surface area (Å²) in [6.45, 7) is 4.36. The van der Waals surface area contributed by atoms with Crippen LogP contribution in [-0.4, -0.2) is 20.7 Å². The highest BCUT2D eigenvalue weighted by molar-refractivity contribution is 5.98. The number of aliphatic hydroxyl groups is 1. The van der Waals surface area contributed by atoms with E-state index in [2.05, 4.69) is 67.1 Å². The largest absolute Gasteiger partial charge is 0.515 e. The zero-order valence-electron chi connectivity index (χ0n) is 21.4. The lowest BCUT2D eigenvalue weighted by molar-refractivity contribution is -0.124. The number of hydrogen-bond donors (Lipinski definition) is 1. The number of allylic oxidation sites excluding steroid dienone is 1. The van der Waals surface area contributed by atoms with Gasteiger partial charge in [0.05, 0.1) is 23.3 Å². The monoisotopic (exact) mass is 480 g/mol. The molecule has 1 aromatic heterocycles. The lowest BCUT2D eigenvalue weighted by Gasteiger charge is -2.48. The molecule has 0 radical (unpaired) electrons. The Balaban J connectivity index is 1.50. The zero-order chi connectivity index (χ0) is 24.9. The van der Waals surface area contributed by atoms with Gasteiger partial charge in [0, 0.05) is 22.8 Å². The van der Waals surface area contributed by atoms with Crippen LogP contribution in [0, 0.1) is 11.8 Å². The van der Waals surface area contributed by atoms with Crippen LogP contribution in [0.5, 0.6) is 0 Å². The molecule has 4 nitrogen and oxygen atoms in total. The number of aromatic nitrogens is 2. The molecule has 0 aliphatic heterocycles. The van der Waals surface area contributed by atoms with Crippen LogP contribution < -0.4 is 0 Å². The average molecular weight is 481 g/mol. The molecule has 6 rings (SSSR count). The van der Waals surface area contributed by atoms with Gasteiger partial charge in [-0.2, -0.15) is 5.10 Å². The second-order valence-electron chi connectivity index (χ2n) is 11.4. The molecule has 1 N–H and O–H groups in total. The molecule has 3 atom stereocenters. The third kappa shape index (κ3) is 3.65. The number of Topliss-reactive ketones (excluding diaryl/α,β-unsaturated/α-hetero) is 1. The van der Waals surface area contributed by atoms with E-state index in [1.165, 1.54) is 60.2 Å². The van der Waals surface area contributed by atoms with Crippen LogP contribution in [0.15, 0.2) is 66.4 Å². The summed E-state index contributed by atoms with van der Waals surface area (Å²) >= 11 is 0. The summed E-state index contributed by atoms with van der Waals surface area (Å²) in [6, 6.07) is 19.2. The Morgan fingerprint density at radius 2 is 1.67 bits per heavy atom. The highest BCUT2D eigenvalue weighted by Gasteiger charge is 2.52. The van der Waals surface area contributed by atoms with Crippen molar-refractivity contribution in [1.82, 2.24) is 9.78 Å². The number of nitrogens with zero attached hydrogens (tertiary/aromatic N) is 2. The summed E-state index contributed by atoms with van der Waals surface area (Å²) in [5.41, 5.74) is 7.76. The quantitative estimate of drug-likeness (QED) is 0.313. The number of carbonyl (C=O) groups is 1. The third-order valence-corrected chi connectivity index (χ3v) is 9.34. The van der Waals surface area contributed by atoms with Crippen molar-refractivity contribution < 1.29 is 9.90 Å². The number of fused-ring (bicyclic) bond motifs is 3.